The van der Waals surface area contributed by atoms with Crippen LogP contribution in [0.5, 0.6) is 0 Å². The van der Waals surface area contributed by atoms with Crippen molar-refractivity contribution in [2.75, 3.05) is 26.2 Å². The molecule has 0 aromatic carbocycles. The number of aliphatic hydroxyl groups excluding tert-OH is 1. The molecule has 1 fully saturated rings. The van der Waals surface area contributed by atoms with Crippen molar-refractivity contribution in [3.05, 3.63) is 0 Å². The molecule has 18 heavy (non-hydrogen) atoms. The molecule has 2 atom stereocenters. The summed E-state index contributed by atoms with van der Waals surface area (Å²) in [6.45, 7) is 8.47. The zero-order chi connectivity index (χ0) is 13.2. The van der Waals surface area contributed by atoms with Crippen molar-refractivity contribution in [1.29, 1.82) is 0 Å². The van der Waals surface area contributed by atoms with Crippen molar-refractivity contribution in [3.8, 4) is 0 Å². The molecule has 2 unspecified atom stereocenters. The summed E-state index contributed by atoms with van der Waals surface area (Å²) < 4.78 is 0. The summed E-state index contributed by atoms with van der Waals surface area (Å²) in [5, 5.41) is 12.4. The Kier molecular flexibility index (Phi) is 8.64. The number of piperidine rings is 1. The summed E-state index contributed by atoms with van der Waals surface area (Å²) in [6.07, 6.45) is 8.81. The van der Waals surface area contributed by atoms with Gasteiger partial charge in [-0.15, -0.1) is 0 Å². The van der Waals surface area contributed by atoms with Crippen LogP contribution in [0.2, 0.25) is 0 Å². The van der Waals surface area contributed by atoms with Crippen LogP contribution >= 0.6 is 0 Å². The van der Waals surface area contributed by atoms with Crippen LogP contribution in [-0.4, -0.2) is 48.3 Å². The van der Waals surface area contributed by atoms with E-state index in [9.17, 15) is 0 Å². The number of rotatable bonds is 9. The summed E-state index contributed by atoms with van der Waals surface area (Å²) >= 11 is 0. The second-order valence-electron chi connectivity index (χ2n) is 5.58. The molecule has 1 saturated heterocycles. The molecule has 1 heterocycles. The maximum absolute atomic E-state index is 8.77. The fraction of sp³-hybridized carbons (Fsp3) is 1.00. The minimum Gasteiger partial charge on any atom is -0.396 e. The molecule has 0 aromatic rings. The van der Waals surface area contributed by atoms with Gasteiger partial charge in [0.1, 0.15) is 0 Å². The minimum atomic E-state index is 0.351. The quantitative estimate of drug-likeness (QED) is 0.622. The summed E-state index contributed by atoms with van der Waals surface area (Å²) in [6, 6.07) is 1.35. The van der Waals surface area contributed by atoms with Gasteiger partial charge >= 0.3 is 0 Å². The molecular formula is C15H32N2O. The zero-order valence-corrected chi connectivity index (χ0v) is 12.3. The van der Waals surface area contributed by atoms with Crippen molar-refractivity contribution in [1.82, 2.24) is 10.2 Å². The second-order valence-corrected chi connectivity index (χ2v) is 5.58. The number of aliphatic hydroxyl groups is 1. The first-order chi connectivity index (χ1) is 8.79. The van der Waals surface area contributed by atoms with Crippen LogP contribution in [0.15, 0.2) is 0 Å². The maximum Gasteiger partial charge on any atom is 0.0431 e. The summed E-state index contributed by atoms with van der Waals surface area (Å²) in [7, 11) is 0. The summed E-state index contributed by atoms with van der Waals surface area (Å²) in [5.41, 5.74) is 0. The Morgan fingerprint density at radius 3 is 2.72 bits per heavy atom. The molecule has 1 aliphatic heterocycles. The normalized spacial score (nSPS) is 23.2. The minimum absolute atomic E-state index is 0.351. The van der Waals surface area contributed by atoms with E-state index in [1.165, 1.54) is 51.6 Å². The van der Waals surface area contributed by atoms with Crippen molar-refractivity contribution in [3.63, 3.8) is 0 Å². The molecule has 1 aliphatic rings. The first-order valence-corrected chi connectivity index (χ1v) is 7.88. The van der Waals surface area contributed by atoms with Gasteiger partial charge in [-0.1, -0.05) is 26.2 Å². The van der Waals surface area contributed by atoms with E-state index in [0.29, 0.717) is 12.6 Å². The number of nitrogens with one attached hydrogen (secondary N) is 1. The number of likely N-dealkylation sites (N-methyl/N-ethyl adjacent to an activating group) is 1. The van der Waals surface area contributed by atoms with Crippen LogP contribution < -0.4 is 5.32 Å². The van der Waals surface area contributed by atoms with Gasteiger partial charge in [0.05, 0.1) is 0 Å². The zero-order valence-electron chi connectivity index (χ0n) is 12.3. The van der Waals surface area contributed by atoms with Crippen molar-refractivity contribution >= 4 is 0 Å². The molecule has 3 nitrogen and oxygen atoms in total. The molecule has 0 aliphatic carbocycles. The van der Waals surface area contributed by atoms with Gasteiger partial charge in [-0.05, 0) is 52.2 Å². The van der Waals surface area contributed by atoms with Gasteiger partial charge in [0.2, 0.25) is 0 Å². The third-order valence-electron chi connectivity index (χ3n) is 4.12. The Morgan fingerprint density at radius 1 is 1.22 bits per heavy atom. The number of likely N-dealkylation sites (tertiary alicyclic amines) is 1. The van der Waals surface area contributed by atoms with Crippen molar-refractivity contribution in [2.45, 2.75) is 70.9 Å². The van der Waals surface area contributed by atoms with Gasteiger partial charge in [-0.3, -0.25) is 4.90 Å². The molecule has 0 aromatic heterocycles. The molecule has 1 rings (SSSR count). The maximum atomic E-state index is 8.77. The van der Waals surface area contributed by atoms with Crippen molar-refractivity contribution < 1.29 is 5.11 Å². The lowest BCUT2D eigenvalue weighted by molar-refractivity contribution is 0.117. The monoisotopic (exact) mass is 256 g/mol. The molecule has 0 saturated carbocycles. The van der Waals surface area contributed by atoms with E-state index in [-0.39, 0.29) is 0 Å². The summed E-state index contributed by atoms with van der Waals surface area (Å²) in [5.74, 6) is 0. The molecule has 0 bridgehead atoms. The SMILES string of the molecule is CCNC(C)C1CCCCN1CCCCCCO. The molecule has 3 heteroatoms. The Bertz CT molecular complexity index is 199. The Balaban J connectivity index is 2.26. The second kappa shape index (κ2) is 9.76. The van der Waals surface area contributed by atoms with Gasteiger partial charge in [0.25, 0.3) is 0 Å². The Morgan fingerprint density at radius 2 is 2.00 bits per heavy atom. The largest absolute Gasteiger partial charge is 0.396 e. The molecule has 2 N–H and O–H groups in total. The third kappa shape index (κ3) is 5.68. The van der Waals surface area contributed by atoms with E-state index < -0.39 is 0 Å². The predicted octanol–water partition coefficient (Wildman–Crippen LogP) is 2.39. The van der Waals surface area contributed by atoms with E-state index in [1.54, 1.807) is 0 Å². The summed E-state index contributed by atoms with van der Waals surface area (Å²) in [4.78, 5) is 2.69. The molecule has 0 amide bonds. The van der Waals surface area contributed by atoms with Crippen LogP contribution in [0.4, 0.5) is 0 Å². The molecule has 0 radical (unpaired) electrons. The Labute approximate surface area is 113 Å². The highest BCUT2D eigenvalue weighted by Crippen LogP contribution is 2.20. The lowest BCUT2D eigenvalue weighted by atomic mass is 9.96. The van der Waals surface area contributed by atoms with Gasteiger partial charge in [0.15, 0.2) is 0 Å². The predicted molar refractivity (Wildman–Crippen MR) is 77.9 cm³/mol. The van der Waals surface area contributed by atoms with E-state index in [2.05, 4.69) is 24.1 Å². The number of hydrogen-bond donors (Lipinski definition) is 2. The fourth-order valence-corrected chi connectivity index (χ4v) is 3.10. The first-order valence-electron chi connectivity index (χ1n) is 7.88. The average molecular weight is 256 g/mol. The highest BCUT2D eigenvalue weighted by molar-refractivity contribution is 4.84. The lowest BCUT2D eigenvalue weighted by Gasteiger charge is -2.39. The van der Waals surface area contributed by atoms with Crippen LogP contribution in [-0.2, 0) is 0 Å². The van der Waals surface area contributed by atoms with E-state index in [4.69, 9.17) is 5.11 Å². The Hall–Kier alpha value is -0.120. The van der Waals surface area contributed by atoms with E-state index in [1.807, 2.05) is 0 Å². The smallest absolute Gasteiger partial charge is 0.0431 e. The first kappa shape index (κ1) is 15.9. The number of nitrogens with zero attached hydrogens (tertiary/aromatic N) is 1. The standard InChI is InChI=1S/C15H32N2O/c1-3-16-14(2)15-10-6-8-12-17(15)11-7-4-5-9-13-18/h14-16,18H,3-13H2,1-2H3. The fourth-order valence-electron chi connectivity index (χ4n) is 3.10. The van der Waals surface area contributed by atoms with Crippen LogP contribution in [0, 0.1) is 0 Å². The van der Waals surface area contributed by atoms with Crippen LogP contribution in [0.25, 0.3) is 0 Å². The number of unbranched alkanes of at least 4 members (excludes halogenated alkanes) is 3. The van der Waals surface area contributed by atoms with Gasteiger partial charge in [-0.2, -0.15) is 0 Å². The average Bonchev–Trinajstić information content (AvgIpc) is 2.39. The highest BCUT2D eigenvalue weighted by Gasteiger charge is 2.26. The van der Waals surface area contributed by atoms with Gasteiger partial charge in [-0.25, -0.2) is 0 Å². The topological polar surface area (TPSA) is 35.5 Å². The van der Waals surface area contributed by atoms with E-state index in [0.717, 1.165) is 19.0 Å². The lowest BCUT2D eigenvalue weighted by Crippen LogP contribution is -2.51. The van der Waals surface area contributed by atoms with Crippen LogP contribution in [0.1, 0.15) is 58.8 Å². The highest BCUT2D eigenvalue weighted by atomic mass is 16.2. The molecule has 108 valence electrons. The molecular weight excluding hydrogens is 224 g/mol. The third-order valence-corrected chi connectivity index (χ3v) is 4.12. The van der Waals surface area contributed by atoms with Gasteiger partial charge < -0.3 is 10.4 Å². The molecule has 0 spiro atoms. The van der Waals surface area contributed by atoms with E-state index >= 15 is 0 Å². The van der Waals surface area contributed by atoms with Crippen LogP contribution in [0.3, 0.4) is 0 Å². The van der Waals surface area contributed by atoms with Crippen molar-refractivity contribution in [2.24, 2.45) is 0 Å². The number of hydrogen-bond acceptors (Lipinski definition) is 3. The van der Waals surface area contributed by atoms with Gasteiger partial charge in [0, 0.05) is 18.7 Å².